The highest BCUT2D eigenvalue weighted by atomic mass is 16.2. The monoisotopic (exact) mass is 279 g/mol. The number of carbonyl (C=O) groups excluding carboxylic acids is 1. The second-order valence-corrected chi connectivity index (χ2v) is 6.87. The number of rotatable bonds is 7. The number of carbonyl (C=O) groups is 1. The highest BCUT2D eigenvalue weighted by Crippen LogP contribution is 2.18. The summed E-state index contributed by atoms with van der Waals surface area (Å²) in [5, 5.41) is 0. The minimum Gasteiger partial charge on any atom is -0.339 e. The van der Waals surface area contributed by atoms with Crippen molar-refractivity contribution in [2.75, 3.05) is 13.1 Å². The molecule has 0 aromatic rings. The average Bonchev–Trinajstić information content (AvgIpc) is 2.32. The second-order valence-electron chi connectivity index (χ2n) is 6.87. The molecule has 0 aliphatic heterocycles. The van der Waals surface area contributed by atoms with Crippen LogP contribution in [0.4, 0.5) is 0 Å². The van der Waals surface area contributed by atoms with E-state index in [2.05, 4.69) is 39.8 Å². The summed E-state index contributed by atoms with van der Waals surface area (Å²) in [6.45, 7) is 16.1. The Kier molecular flexibility index (Phi) is 8.52. The highest BCUT2D eigenvalue weighted by Gasteiger charge is 2.25. The molecule has 0 saturated heterocycles. The number of allylic oxidation sites excluding steroid dienone is 3. The summed E-state index contributed by atoms with van der Waals surface area (Å²) in [4.78, 5) is 14.3. The number of nitrogens with zero attached hydrogens (tertiary/aromatic N) is 1. The van der Waals surface area contributed by atoms with Crippen LogP contribution in [-0.4, -0.2) is 23.9 Å². The van der Waals surface area contributed by atoms with Crippen molar-refractivity contribution in [1.82, 2.24) is 4.90 Å². The van der Waals surface area contributed by atoms with Gasteiger partial charge in [-0.2, -0.15) is 0 Å². The molecule has 0 radical (unpaired) electrons. The summed E-state index contributed by atoms with van der Waals surface area (Å²) in [6.07, 6.45) is 7.65. The molecule has 0 aliphatic carbocycles. The fraction of sp³-hybridized carbons (Fsp3) is 0.722. The lowest BCUT2D eigenvalue weighted by Crippen LogP contribution is -2.40. The Bertz CT molecular complexity index is 354. The van der Waals surface area contributed by atoms with Gasteiger partial charge in [-0.3, -0.25) is 4.79 Å². The lowest BCUT2D eigenvalue weighted by Gasteiger charge is -2.28. The van der Waals surface area contributed by atoms with Crippen LogP contribution in [-0.2, 0) is 4.79 Å². The van der Waals surface area contributed by atoms with Crippen molar-refractivity contribution in [2.24, 2.45) is 5.41 Å². The van der Waals surface area contributed by atoms with E-state index < -0.39 is 0 Å². The van der Waals surface area contributed by atoms with Gasteiger partial charge < -0.3 is 4.90 Å². The van der Waals surface area contributed by atoms with Crippen LogP contribution >= 0.6 is 0 Å². The molecule has 2 heteroatoms. The van der Waals surface area contributed by atoms with Gasteiger partial charge in [0.05, 0.1) is 0 Å². The fourth-order valence-electron chi connectivity index (χ4n) is 1.98. The molecule has 2 nitrogen and oxygen atoms in total. The van der Waals surface area contributed by atoms with Gasteiger partial charge in [0, 0.05) is 18.5 Å². The molecule has 0 N–H and O–H groups in total. The first-order valence-electron chi connectivity index (χ1n) is 7.76. The number of hydrogen-bond donors (Lipinski definition) is 0. The first-order chi connectivity index (χ1) is 9.18. The first kappa shape index (κ1) is 18.9. The van der Waals surface area contributed by atoms with Gasteiger partial charge in [-0.25, -0.2) is 0 Å². The van der Waals surface area contributed by atoms with Crippen molar-refractivity contribution in [3.63, 3.8) is 0 Å². The van der Waals surface area contributed by atoms with Crippen LogP contribution in [0.3, 0.4) is 0 Å². The van der Waals surface area contributed by atoms with E-state index in [0.717, 1.165) is 32.4 Å². The molecule has 0 aromatic carbocycles. The zero-order valence-electron chi connectivity index (χ0n) is 14.5. The molecule has 0 rings (SSSR count). The zero-order valence-corrected chi connectivity index (χ0v) is 14.5. The Morgan fingerprint density at radius 1 is 1.10 bits per heavy atom. The average molecular weight is 279 g/mol. The molecule has 0 unspecified atom stereocenters. The maximum absolute atomic E-state index is 12.4. The van der Waals surface area contributed by atoms with Crippen LogP contribution in [0.5, 0.6) is 0 Å². The molecule has 1 amide bonds. The Balaban J connectivity index is 4.53. The van der Waals surface area contributed by atoms with Gasteiger partial charge in [-0.15, -0.1) is 0 Å². The van der Waals surface area contributed by atoms with E-state index in [1.807, 2.05) is 25.7 Å². The summed E-state index contributed by atoms with van der Waals surface area (Å²) in [7, 11) is 0. The molecule has 20 heavy (non-hydrogen) atoms. The van der Waals surface area contributed by atoms with Crippen molar-refractivity contribution in [2.45, 2.75) is 67.7 Å². The third-order valence-electron chi connectivity index (χ3n) is 3.17. The summed E-state index contributed by atoms with van der Waals surface area (Å²) < 4.78 is 0. The van der Waals surface area contributed by atoms with Crippen LogP contribution < -0.4 is 0 Å². The lowest BCUT2D eigenvalue weighted by atomic mass is 9.94. The lowest BCUT2D eigenvalue weighted by molar-refractivity contribution is -0.138. The first-order valence-corrected chi connectivity index (χ1v) is 7.76. The molecule has 0 spiro atoms. The molecule has 0 aliphatic rings. The quantitative estimate of drug-likeness (QED) is 0.603. The van der Waals surface area contributed by atoms with Crippen molar-refractivity contribution < 1.29 is 4.79 Å². The molecule has 0 atom stereocenters. The van der Waals surface area contributed by atoms with E-state index in [9.17, 15) is 4.79 Å². The van der Waals surface area contributed by atoms with Crippen molar-refractivity contribution in [3.8, 4) is 0 Å². The smallest absolute Gasteiger partial charge is 0.228 e. The van der Waals surface area contributed by atoms with Gasteiger partial charge in [0.15, 0.2) is 0 Å². The van der Waals surface area contributed by atoms with Crippen LogP contribution in [0.2, 0.25) is 0 Å². The number of amides is 1. The van der Waals surface area contributed by atoms with E-state index in [1.54, 1.807) is 0 Å². The second kappa shape index (κ2) is 8.99. The van der Waals surface area contributed by atoms with Gasteiger partial charge >= 0.3 is 0 Å². The Morgan fingerprint density at radius 2 is 1.70 bits per heavy atom. The van der Waals surface area contributed by atoms with Gasteiger partial charge in [0.2, 0.25) is 5.91 Å². The van der Waals surface area contributed by atoms with Gasteiger partial charge in [0.25, 0.3) is 0 Å². The molecule has 0 aromatic heterocycles. The largest absolute Gasteiger partial charge is 0.339 e. The zero-order chi connectivity index (χ0) is 15.8. The van der Waals surface area contributed by atoms with Crippen LogP contribution in [0.15, 0.2) is 23.3 Å². The summed E-state index contributed by atoms with van der Waals surface area (Å²) in [6, 6.07) is 0. The maximum atomic E-state index is 12.4. The topological polar surface area (TPSA) is 20.3 Å². The van der Waals surface area contributed by atoms with Gasteiger partial charge in [-0.05, 0) is 40.0 Å². The Hall–Kier alpha value is -1.05. The highest BCUT2D eigenvalue weighted by molar-refractivity contribution is 5.81. The molecule has 0 heterocycles. The van der Waals surface area contributed by atoms with E-state index >= 15 is 0 Å². The fourth-order valence-corrected chi connectivity index (χ4v) is 1.98. The van der Waals surface area contributed by atoms with E-state index in [1.165, 1.54) is 11.1 Å². The molecule has 116 valence electrons. The predicted molar refractivity (Wildman–Crippen MR) is 88.7 cm³/mol. The normalized spacial score (nSPS) is 12.2. The van der Waals surface area contributed by atoms with Gasteiger partial charge in [0.1, 0.15) is 0 Å². The predicted octanol–water partition coefficient (Wildman–Crippen LogP) is 4.96. The summed E-state index contributed by atoms with van der Waals surface area (Å²) >= 11 is 0. The Labute approximate surface area is 125 Å². The SMILES string of the molecule is CCCN(CC=C(C)CCC=C(C)C)C(=O)C(C)(C)C. The summed E-state index contributed by atoms with van der Waals surface area (Å²) in [5.41, 5.74) is 2.44. The molecule has 0 fully saturated rings. The van der Waals surface area contributed by atoms with Gasteiger partial charge in [-0.1, -0.05) is 51.0 Å². The van der Waals surface area contributed by atoms with Crippen molar-refractivity contribution in [3.05, 3.63) is 23.3 Å². The van der Waals surface area contributed by atoms with E-state index in [-0.39, 0.29) is 11.3 Å². The molecular weight excluding hydrogens is 246 g/mol. The van der Waals surface area contributed by atoms with Crippen LogP contribution in [0, 0.1) is 5.41 Å². The maximum Gasteiger partial charge on any atom is 0.228 e. The number of hydrogen-bond acceptors (Lipinski definition) is 1. The van der Waals surface area contributed by atoms with Crippen molar-refractivity contribution >= 4 is 5.91 Å². The molecular formula is C18H33NO. The summed E-state index contributed by atoms with van der Waals surface area (Å²) in [5.74, 6) is 0.243. The van der Waals surface area contributed by atoms with Crippen molar-refractivity contribution in [1.29, 1.82) is 0 Å². The minimum atomic E-state index is -0.293. The molecule has 0 bridgehead atoms. The third kappa shape index (κ3) is 8.19. The Morgan fingerprint density at radius 3 is 2.15 bits per heavy atom. The van der Waals surface area contributed by atoms with Crippen LogP contribution in [0.25, 0.3) is 0 Å². The standard InChI is InChI=1S/C18H33NO/c1-8-13-19(17(20)18(5,6)7)14-12-16(4)11-9-10-15(2)3/h10,12H,8-9,11,13-14H2,1-7H3. The third-order valence-corrected chi connectivity index (χ3v) is 3.17. The van der Waals surface area contributed by atoms with Crippen LogP contribution in [0.1, 0.15) is 67.7 Å². The van der Waals surface area contributed by atoms with E-state index in [0.29, 0.717) is 0 Å². The molecule has 0 saturated carbocycles. The van der Waals surface area contributed by atoms with E-state index in [4.69, 9.17) is 0 Å². The minimum absolute atomic E-state index is 0.243.